The summed E-state index contributed by atoms with van der Waals surface area (Å²) in [7, 11) is 0. The third kappa shape index (κ3) is 2.11. The molecule has 4 rings (SSSR count). The van der Waals surface area contributed by atoms with Crippen molar-refractivity contribution < 1.29 is 17.6 Å². The summed E-state index contributed by atoms with van der Waals surface area (Å²) in [4.78, 5) is 7.00. The zero-order valence-corrected chi connectivity index (χ0v) is 13.4. The summed E-state index contributed by atoms with van der Waals surface area (Å²) in [6, 6.07) is 6.96. The van der Waals surface area contributed by atoms with Gasteiger partial charge in [-0.3, -0.25) is 0 Å². The standard InChI is InChI=1S/C17H7BrF4N2/c18-14-7-1-3-13(24-12(7)4-2-10(14)19)9-6-23-17-8(9)5-11(20)15(21)16(17)22/h1-6,23H. The molecule has 2 aromatic carbocycles. The molecule has 1 N–H and O–H groups in total. The van der Waals surface area contributed by atoms with E-state index in [1.54, 1.807) is 12.1 Å². The summed E-state index contributed by atoms with van der Waals surface area (Å²) in [6.45, 7) is 0. The summed E-state index contributed by atoms with van der Waals surface area (Å²) < 4.78 is 54.5. The van der Waals surface area contributed by atoms with Crippen molar-refractivity contribution in [2.75, 3.05) is 0 Å². The molecular weight excluding hydrogens is 388 g/mol. The molecule has 0 aliphatic heterocycles. The molecular formula is C17H7BrF4N2. The van der Waals surface area contributed by atoms with E-state index in [1.807, 2.05) is 0 Å². The van der Waals surface area contributed by atoms with Gasteiger partial charge in [0.15, 0.2) is 17.5 Å². The Morgan fingerprint density at radius 3 is 2.46 bits per heavy atom. The molecule has 0 aliphatic carbocycles. The molecule has 0 atom stereocenters. The predicted molar refractivity (Wildman–Crippen MR) is 86.6 cm³/mol. The van der Waals surface area contributed by atoms with Gasteiger partial charge in [-0.15, -0.1) is 0 Å². The van der Waals surface area contributed by atoms with Crippen LogP contribution in [-0.4, -0.2) is 9.97 Å². The van der Waals surface area contributed by atoms with Gasteiger partial charge in [-0.2, -0.15) is 0 Å². The molecule has 0 radical (unpaired) electrons. The molecule has 0 amide bonds. The number of aromatic amines is 1. The van der Waals surface area contributed by atoms with Crippen molar-refractivity contribution in [3.05, 3.63) is 64.3 Å². The first kappa shape index (κ1) is 15.1. The Morgan fingerprint density at radius 2 is 1.67 bits per heavy atom. The lowest BCUT2D eigenvalue weighted by molar-refractivity contribution is 0.453. The highest BCUT2D eigenvalue weighted by molar-refractivity contribution is 9.10. The smallest absolute Gasteiger partial charge is 0.196 e. The molecule has 2 heterocycles. The van der Waals surface area contributed by atoms with Gasteiger partial charge in [0.2, 0.25) is 0 Å². The molecule has 4 aromatic rings. The second kappa shape index (κ2) is 5.31. The predicted octanol–water partition coefficient (Wildman–Crippen LogP) is 5.70. The Kier molecular flexibility index (Phi) is 3.35. The van der Waals surface area contributed by atoms with Crippen molar-refractivity contribution in [1.29, 1.82) is 0 Å². The lowest BCUT2D eigenvalue weighted by Gasteiger charge is -2.05. The molecule has 7 heteroatoms. The van der Waals surface area contributed by atoms with E-state index in [4.69, 9.17) is 0 Å². The number of H-pyrrole nitrogens is 1. The largest absolute Gasteiger partial charge is 0.358 e. The first-order valence-electron chi connectivity index (χ1n) is 6.87. The van der Waals surface area contributed by atoms with Crippen molar-refractivity contribution >= 4 is 37.7 Å². The summed E-state index contributed by atoms with van der Waals surface area (Å²) >= 11 is 3.16. The van der Waals surface area contributed by atoms with Gasteiger partial charge in [0.1, 0.15) is 5.82 Å². The molecule has 0 fully saturated rings. The molecule has 2 aromatic heterocycles. The van der Waals surface area contributed by atoms with Crippen LogP contribution in [0.1, 0.15) is 0 Å². The summed E-state index contributed by atoms with van der Waals surface area (Å²) in [5.74, 6) is -4.49. The zero-order chi connectivity index (χ0) is 17.0. The Labute approximate surface area is 141 Å². The first-order chi connectivity index (χ1) is 11.5. The van der Waals surface area contributed by atoms with Crippen molar-refractivity contribution in [3.8, 4) is 11.3 Å². The number of nitrogens with one attached hydrogen (secondary N) is 1. The van der Waals surface area contributed by atoms with Crippen LogP contribution in [0, 0.1) is 23.3 Å². The van der Waals surface area contributed by atoms with Crippen molar-refractivity contribution in [2.45, 2.75) is 0 Å². The van der Waals surface area contributed by atoms with Crippen LogP contribution in [0.2, 0.25) is 0 Å². The number of rotatable bonds is 1. The van der Waals surface area contributed by atoms with Gasteiger partial charge in [-0.1, -0.05) is 0 Å². The maximum Gasteiger partial charge on any atom is 0.196 e. The summed E-state index contributed by atoms with van der Waals surface area (Å²) in [5, 5.41) is 0.751. The Hall–Kier alpha value is -2.41. The van der Waals surface area contributed by atoms with E-state index in [-0.39, 0.29) is 15.4 Å². The Balaban J connectivity index is 1.98. The van der Waals surface area contributed by atoms with E-state index in [2.05, 4.69) is 25.9 Å². The molecule has 0 spiro atoms. The van der Waals surface area contributed by atoms with Gasteiger partial charge in [0.25, 0.3) is 0 Å². The summed E-state index contributed by atoms with van der Waals surface area (Å²) in [6.07, 6.45) is 1.43. The van der Waals surface area contributed by atoms with Crippen LogP contribution in [0.3, 0.4) is 0 Å². The fraction of sp³-hybridized carbons (Fsp3) is 0. The minimum absolute atomic E-state index is 0.133. The molecule has 120 valence electrons. The van der Waals surface area contributed by atoms with Gasteiger partial charge in [0, 0.05) is 22.5 Å². The zero-order valence-electron chi connectivity index (χ0n) is 11.8. The van der Waals surface area contributed by atoms with Crippen molar-refractivity contribution in [3.63, 3.8) is 0 Å². The lowest BCUT2D eigenvalue weighted by Crippen LogP contribution is -1.92. The van der Waals surface area contributed by atoms with E-state index < -0.39 is 23.3 Å². The lowest BCUT2D eigenvalue weighted by atomic mass is 10.1. The maximum absolute atomic E-state index is 13.8. The van der Waals surface area contributed by atoms with Crippen LogP contribution in [0.5, 0.6) is 0 Å². The number of nitrogens with zero attached hydrogens (tertiary/aromatic N) is 1. The van der Waals surface area contributed by atoms with Gasteiger partial charge >= 0.3 is 0 Å². The second-order valence-corrected chi connectivity index (χ2v) is 6.03. The van der Waals surface area contributed by atoms with Crippen LogP contribution in [0.4, 0.5) is 17.6 Å². The van der Waals surface area contributed by atoms with E-state index in [0.717, 1.165) is 6.07 Å². The van der Waals surface area contributed by atoms with E-state index in [1.165, 1.54) is 18.3 Å². The normalized spacial score (nSPS) is 11.5. The third-order valence-corrected chi connectivity index (χ3v) is 4.65. The minimum atomic E-state index is -1.53. The number of hydrogen-bond acceptors (Lipinski definition) is 1. The number of fused-ring (bicyclic) bond motifs is 2. The number of hydrogen-bond donors (Lipinski definition) is 1. The topological polar surface area (TPSA) is 28.7 Å². The van der Waals surface area contributed by atoms with Gasteiger partial charge in [0.05, 0.1) is 21.2 Å². The second-order valence-electron chi connectivity index (χ2n) is 5.24. The van der Waals surface area contributed by atoms with Crippen LogP contribution < -0.4 is 0 Å². The average Bonchev–Trinajstić information content (AvgIpc) is 2.99. The van der Waals surface area contributed by atoms with E-state index in [0.29, 0.717) is 22.2 Å². The van der Waals surface area contributed by atoms with E-state index >= 15 is 0 Å². The number of pyridine rings is 1. The van der Waals surface area contributed by atoms with Crippen LogP contribution in [-0.2, 0) is 0 Å². The molecule has 0 saturated heterocycles. The fourth-order valence-electron chi connectivity index (χ4n) is 2.67. The Bertz CT molecular complexity index is 1120. The highest BCUT2D eigenvalue weighted by Gasteiger charge is 2.18. The molecule has 0 bridgehead atoms. The van der Waals surface area contributed by atoms with Gasteiger partial charge in [-0.25, -0.2) is 22.5 Å². The van der Waals surface area contributed by atoms with Crippen molar-refractivity contribution in [1.82, 2.24) is 9.97 Å². The van der Waals surface area contributed by atoms with E-state index in [9.17, 15) is 17.6 Å². The highest BCUT2D eigenvalue weighted by atomic mass is 79.9. The maximum atomic E-state index is 13.8. The first-order valence-corrected chi connectivity index (χ1v) is 7.66. The molecule has 24 heavy (non-hydrogen) atoms. The molecule has 0 unspecified atom stereocenters. The number of aromatic nitrogens is 2. The number of benzene rings is 2. The SMILES string of the molecule is Fc1cc2c(-c3ccc4c(Br)c(F)ccc4n3)c[nH]c2c(F)c1F. The quantitative estimate of drug-likeness (QED) is 0.325. The van der Waals surface area contributed by atoms with Crippen LogP contribution in [0.25, 0.3) is 33.1 Å². The van der Waals surface area contributed by atoms with Crippen LogP contribution >= 0.6 is 15.9 Å². The molecule has 2 nitrogen and oxygen atoms in total. The third-order valence-electron chi connectivity index (χ3n) is 3.85. The van der Waals surface area contributed by atoms with Crippen molar-refractivity contribution in [2.24, 2.45) is 0 Å². The Morgan fingerprint density at radius 1 is 0.875 bits per heavy atom. The fourth-order valence-corrected chi connectivity index (χ4v) is 3.14. The van der Waals surface area contributed by atoms with Gasteiger partial charge < -0.3 is 4.98 Å². The average molecular weight is 395 g/mol. The highest BCUT2D eigenvalue weighted by Crippen LogP contribution is 2.33. The van der Waals surface area contributed by atoms with Gasteiger partial charge in [-0.05, 0) is 46.3 Å². The minimum Gasteiger partial charge on any atom is -0.358 e. The molecule has 0 saturated carbocycles. The monoisotopic (exact) mass is 394 g/mol. The number of halogens is 5. The molecule has 0 aliphatic rings. The van der Waals surface area contributed by atoms with Crippen LogP contribution in [0.15, 0.2) is 41.0 Å². The summed E-state index contributed by atoms with van der Waals surface area (Å²) in [5.41, 5.74) is 1.23.